The van der Waals surface area contributed by atoms with E-state index in [1.165, 1.54) is 0 Å². The zero-order chi connectivity index (χ0) is 14.4. The number of nitrogens with zero attached hydrogens (tertiary/aromatic N) is 3. The van der Waals surface area contributed by atoms with Crippen molar-refractivity contribution in [3.05, 3.63) is 16.4 Å². The Labute approximate surface area is 121 Å². The fraction of sp³-hybridized carbons (Fsp3) is 0.786. The molecule has 0 aromatic carbocycles. The highest BCUT2D eigenvalue weighted by Crippen LogP contribution is 2.22. The van der Waals surface area contributed by atoms with Gasteiger partial charge in [-0.3, -0.25) is 4.68 Å². The third-order valence-electron chi connectivity index (χ3n) is 3.55. The van der Waals surface area contributed by atoms with Gasteiger partial charge in [0.1, 0.15) is 0 Å². The number of aliphatic hydroxyl groups is 1. The third-order valence-corrected chi connectivity index (χ3v) is 4.05. The van der Waals surface area contributed by atoms with Crippen LogP contribution in [0.1, 0.15) is 38.6 Å². The first-order valence-electron chi connectivity index (χ1n) is 7.15. The molecular formula is C14H26ClN3O. The summed E-state index contributed by atoms with van der Waals surface area (Å²) in [7, 11) is 0. The van der Waals surface area contributed by atoms with Crippen LogP contribution in [0.5, 0.6) is 0 Å². The van der Waals surface area contributed by atoms with E-state index < -0.39 is 0 Å². The molecule has 110 valence electrons. The molecule has 1 N–H and O–H groups in total. The summed E-state index contributed by atoms with van der Waals surface area (Å²) in [6.45, 7) is 12.0. The summed E-state index contributed by atoms with van der Waals surface area (Å²) in [4.78, 5) is 2.31. The van der Waals surface area contributed by atoms with Gasteiger partial charge in [-0.2, -0.15) is 5.10 Å². The van der Waals surface area contributed by atoms with Crippen molar-refractivity contribution >= 4 is 11.6 Å². The Morgan fingerprint density at radius 1 is 1.32 bits per heavy atom. The predicted octanol–water partition coefficient (Wildman–Crippen LogP) is 2.50. The molecule has 0 saturated heterocycles. The normalized spacial score (nSPS) is 13.2. The molecule has 1 rings (SSSR count). The molecule has 0 aliphatic heterocycles. The van der Waals surface area contributed by atoms with Gasteiger partial charge in [0.15, 0.2) is 0 Å². The SMILES string of the molecule is CCN(CC)CCC(O)Cc1c(Cl)c(C)nn1CC. The summed E-state index contributed by atoms with van der Waals surface area (Å²) < 4.78 is 1.89. The smallest absolute Gasteiger partial charge is 0.0848 e. The lowest BCUT2D eigenvalue weighted by Crippen LogP contribution is -2.28. The maximum Gasteiger partial charge on any atom is 0.0848 e. The first kappa shape index (κ1) is 16.5. The van der Waals surface area contributed by atoms with Gasteiger partial charge in [-0.15, -0.1) is 0 Å². The van der Waals surface area contributed by atoms with Crippen molar-refractivity contribution in [3.8, 4) is 0 Å². The fourth-order valence-corrected chi connectivity index (χ4v) is 2.47. The predicted molar refractivity (Wildman–Crippen MR) is 79.8 cm³/mol. The van der Waals surface area contributed by atoms with Gasteiger partial charge in [-0.25, -0.2) is 0 Å². The molecule has 4 nitrogen and oxygen atoms in total. The monoisotopic (exact) mass is 287 g/mol. The van der Waals surface area contributed by atoms with Crippen molar-refractivity contribution in [1.82, 2.24) is 14.7 Å². The topological polar surface area (TPSA) is 41.3 Å². The Kier molecular flexibility index (Phi) is 6.83. The zero-order valence-electron chi connectivity index (χ0n) is 12.5. The maximum atomic E-state index is 10.2. The molecule has 19 heavy (non-hydrogen) atoms. The zero-order valence-corrected chi connectivity index (χ0v) is 13.2. The highest BCUT2D eigenvalue weighted by Gasteiger charge is 2.16. The Bertz CT molecular complexity index is 388. The van der Waals surface area contributed by atoms with E-state index in [1.54, 1.807) is 0 Å². The summed E-state index contributed by atoms with van der Waals surface area (Å²) in [5, 5.41) is 15.2. The van der Waals surface area contributed by atoms with Crippen LogP contribution in [0.2, 0.25) is 5.02 Å². The van der Waals surface area contributed by atoms with Crippen LogP contribution in [0.3, 0.4) is 0 Å². The second-order valence-corrected chi connectivity index (χ2v) is 5.21. The maximum absolute atomic E-state index is 10.2. The number of aliphatic hydroxyl groups excluding tert-OH is 1. The van der Waals surface area contributed by atoms with E-state index in [0.717, 1.165) is 44.0 Å². The molecule has 5 heteroatoms. The number of halogens is 1. The molecule has 0 amide bonds. The molecule has 0 fully saturated rings. The molecule has 1 atom stereocenters. The highest BCUT2D eigenvalue weighted by atomic mass is 35.5. The minimum absolute atomic E-state index is 0.362. The van der Waals surface area contributed by atoms with Crippen molar-refractivity contribution in [3.63, 3.8) is 0 Å². The lowest BCUT2D eigenvalue weighted by atomic mass is 10.1. The van der Waals surface area contributed by atoms with Crippen molar-refractivity contribution < 1.29 is 5.11 Å². The minimum Gasteiger partial charge on any atom is -0.393 e. The Hall–Kier alpha value is -0.580. The molecule has 0 aliphatic rings. The van der Waals surface area contributed by atoms with Crippen LogP contribution in [0, 0.1) is 6.92 Å². The quantitative estimate of drug-likeness (QED) is 0.799. The van der Waals surface area contributed by atoms with Crippen LogP contribution < -0.4 is 0 Å². The summed E-state index contributed by atoms with van der Waals surface area (Å²) in [5.41, 5.74) is 1.79. The van der Waals surface area contributed by atoms with Crippen LogP contribution in [-0.4, -0.2) is 45.5 Å². The van der Waals surface area contributed by atoms with Gasteiger partial charge >= 0.3 is 0 Å². The number of aromatic nitrogens is 2. The molecule has 0 bridgehead atoms. The molecule has 1 aromatic heterocycles. The molecule has 1 unspecified atom stereocenters. The molecule has 0 aliphatic carbocycles. The number of hydrogen-bond donors (Lipinski definition) is 1. The molecule has 1 heterocycles. The lowest BCUT2D eigenvalue weighted by molar-refractivity contribution is 0.141. The van der Waals surface area contributed by atoms with Gasteiger partial charge in [0.05, 0.1) is 22.5 Å². The van der Waals surface area contributed by atoms with Gasteiger partial charge in [0.25, 0.3) is 0 Å². The van der Waals surface area contributed by atoms with Gasteiger partial charge in [0.2, 0.25) is 0 Å². The van der Waals surface area contributed by atoms with Gasteiger partial charge in [-0.05, 0) is 33.4 Å². The first-order chi connectivity index (χ1) is 9.03. The minimum atomic E-state index is -0.362. The fourth-order valence-electron chi connectivity index (χ4n) is 2.26. The van der Waals surface area contributed by atoms with E-state index in [0.29, 0.717) is 11.4 Å². The Balaban J connectivity index is 2.59. The summed E-state index contributed by atoms with van der Waals surface area (Å²) in [6.07, 6.45) is 0.986. The lowest BCUT2D eigenvalue weighted by Gasteiger charge is -2.20. The first-order valence-corrected chi connectivity index (χ1v) is 7.53. The molecule has 0 radical (unpaired) electrons. The average Bonchev–Trinajstić information content (AvgIpc) is 2.67. The van der Waals surface area contributed by atoms with E-state index in [4.69, 9.17) is 11.6 Å². The largest absolute Gasteiger partial charge is 0.393 e. The van der Waals surface area contributed by atoms with Gasteiger partial charge < -0.3 is 10.0 Å². The number of hydrogen-bond acceptors (Lipinski definition) is 3. The van der Waals surface area contributed by atoms with Crippen LogP contribution in [0.4, 0.5) is 0 Å². The van der Waals surface area contributed by atoms with Gasteiger partial charge in [-0.1, -0.05) is 25.4 Å². The second-order valence-electron chi connectivity index (χ2n) is 4.84. The molecule has 0 saturated carbocycles. The van der Waals surface area contributed by atoms with Crippen LogP contribution in [-0.2, 0) is 13.0 Å². The van der Waals surface area contributed by atoms with Crippen molar-refractivity contribution in [2.75, 3.05) is 19.6 Å². The van der Waals surface area contributed by atoms with Crippen LogP contribution in [0.15, 0.2) is 0 Å². The van der Waals surface area contributed by atoms with E-state index >= 15 is 0 Å². The number of rotatable bonds is 8. The van der Waals surface area contributed by atoms with Gasteiger partial charge in [0, 0.05) is 19.5 Å². The number of aryl methyl sites for hydroxylation is 2. The Morgan fingerprint density at radius 3 is 2.47 bits per heavy atom. The summed E-state index contributed by atoms with van der Waals surface area (Å²) in [6, 6.07) is 0. The van der Waals surface area contributed by atoms with E-state index in [2.05, 4.69) is 23.8 Å². The summed E-state index contributed by atoms with van der Waals surface area (Å²) >= 11 is 6.25. The second kappa shape index (κ2) is 7.88. The Morgan fingerprint density at radius 2 is 1.95 bits per heavy atom. The van der Waals surface area contributed by atoms with Crippen LogP contribution in [0.25, 0.3) is 0 Å². The van der Waals surface area contributed by atoms with Crippen molar-refractivity contribution in [2.24, 2.45) is 0 Å². The standard InChI is InChI=1S/C14H26ClN3O/c1-5-17(6-2)9-8-12(19)10-13-14(15)11(4)16-18(13)7-3/h12,19H,5-10H2,1-4H3. The van der Waals surface area contributed by atoms with E-state index in [1.807, 2.05) is 18.5 Å². The van der Waals surface area contributed by atoms with E-state index in [-0.39, 0.29) is 6.10 Å². The molecular weight excluding hydrogens is 262 g/mol. The molecule has 0 spiro atoms. The summed E-state index contributed by atoms with van der Waals surface area (Å²) in [5.74, 6) is 0. The van der Waals surface area contributed by atoms with Crippen molar-refractivity contribution in [1.29, 1.82) is 0 Å². The van der Waals surface area contributed by atoms with Crippen molar-refractivity contribution in [2.45, 2.75) is 53.2 Å². The third kappa shape index (κ3) is 4.48. The molecule has 1 aromatic rings. The van der Waals surface area contributed by atoms with Crippen LogP contribution >= 0.6 is 11.6 Å². The van der Waals surface area contributed by atoms with E-state index in [9.17, 15) is 5.11 Å². The average molecular weight is 288 g/mol. The highest BCUT2D eigenvalue weighted by molar-refractivity contribution is 6.31.